The maximum Gasteiger partial charge on any atom is 0.306 e. The molecular weight excluding hydrogens is 654 g/mol. The number of hydrogen-bond donors (Lipinski definition) is 0. The lowest BCUT2D eigenvalue weighted by atomic mass is 9.89. The maximum absolute atomic E-state index is 14.0. The Balaban J connectivity index is 2.30. The second kappa shape index (κ2) is 19.0. The van der Waals surface area contributed by atoms with E-state index in [1.807, 2.05) is 0 Å². The standard InChI is InChI=1S/C34H52F5NO5Si2/c1-9-10-13-16-23(44-46(3,4)5)19-20-24-25(28(45-47(6,7)8)21-27(24)40-42-2)17-14-11-12-15-18-29(41)43-22-26-30(35)32(37)34(39)33(38)31(26)36/h11,14,19-20,23-25,28H,9-10,12-13,15-18,21-22H2,1-8H3/b14-11-,20-19+,40-27-/t23-,24+,25+,28-/m0/s1/i12D2,15D2. The Kier molecular flexibility index (Phi) is 13.9. The van der Waals surface area contributed by atoms with Crippen LogP contribution in [0.15, 0.2) is 29.5 Å². The van der Waals surface area contributed by atoms with Crippen LogP contribution in [0.25, 0.3) is 0 Å². The largest absolute Gasteiger partial charge is 0.461 e. The quantitative estimate of drug-likeness (QED) is 0.0209. The summed E-state index contributed by atoms with van der Waals surface area (Å²) >= 11 is 0. The predicted octanol–water partition coefficient (Wildman–Crippen LogP) is 9.76. The van der Waals surface area contributed by atoms with Gasteiger partial charge in [0, 0.05) is 24.2 Å². The topological polar surface area (TPSA) is 66.3 Å². The first kappa shape index (κ1) is 34.5. The molecular formula is C34H52F5NO5Si2. The molecule has 0 saturated heterocycles. The molecule has 1 aliphatic carbocycles. The van der Waals surface area contributed by atoms with Crippen molar-refractivity contribution in [3.8, 4) is 0 Å². The molecule has 0 N–H and O–H groups in total. The van der Waals surface area contributed by atoms with Gasteiger partial charge in [-0.1, -0.05) is 55.6 Å². The molecule has 47 heavy (non-hydrogen) atoms. The summed E-state index contributed by atoms with van der Waals surface area (Å²) in [5, 5.41) is 4.31. The van der Waals surface area contributed by atoms with Crippen molar-refractivity contribution in [1.29, 1.82) is 0 Å². The summed E-state index contributed by atoms with van der Waals surface area (Å²) in [7, 11) is -2.49. The van der Waals surface area contributed by atoms with Crippen molar-refractivity contribution in [3.05, 3.63) is 59.0 Å². The Labute approximate surface area is 284 Å². The van der Waals surface area contributed by atoms with E-state index in [1.165, 1.54) is 13.2 Å². The van der Waals surface area contributed by atoms with Crippen LogP contribution in [-0.2, 0) is 29.8 Å². The minimum absolute atomic E-state index is 0.101. The number of halogens is 5. The second-order valence-electron chi connectivity index (χ2n) is 13.4. The van der Waals surface area contributed by atoms with Crippen LogP contribution in [0.1, 0.15) is 75.7 Å². The van der Waals surface area contributed by atoms with Crippen LogP contribution in [0.2, 0.25) is 39.3 Å². The minimum Gasteiger partial charge on any atom is -0.461 e. The van der Waals surface area contributed by atoms with Gasteiger partial charge in [-0.05, 0) is 70.8 Å². The zero-order chi connectivity index (χ0) is 38.9. The molecule has 0 radical (unpaired) electrons. The van der Waals surface area contributed by atoms with Gasteiger partial charge in [0.1, 0.15) is 13.7 Å². The molecule has 0 aliphatic heterocycles. The monoisotopic (exact) mass is 709 g/mol. The molecule has 0 aromatic heterocycles. The summed E-state index contributed by atoms with van der Waals surface area (Å²) in [6, 6.07) is 0. The molecule has 0 bridgehead atoms. The number of oxime groups is 1. The van der Waals surface area contributed by atoms with Crippen molar-refractivity contribution in [3.63, 3.8) is 0 Å². The Bertz CT molecular complexity index is 1410. The third kappa shape index (κ3) is 13.6. The molecule has 0 heterocycles. The molecule has 1 aromatic rings. The first-order valence-corrected chi connectivity index (χ1v) is 22.7. The molecule has 1 aromatic carbocycles. The normalized spacial score (nSPS) is 22.4. The number of allylic oxidation sites excluding steroid dienone is 3. The number of carbonyl (C=O) groups is 1. The smallest absolute Gasteiger partial charge is 0.306 e. The lowest BCUT2D eigenvalue weighted by Gasteiger charge is -2.29. The predicted molar refractivity (Wildman–Crippen MR) is 179 cm³/mol. The van der Waals surface area contributed by atoms with Crippen LogP contribution in [0.3, 0.4) is 0 Å². The Morgan fingerprint density at radius 1 is 0.979 bits per heavy atom. The highest BCUT2D eigenvalue weighted by molar-refractivity contribution is 6.70. The second-order valence-corrected chi connectivity index (χ2v) is 22.3. The summed E-state index contributed by atoms with van der Waals surface area (Å²) in [5.74, 6) is -13.1. The van der Waals surface area contributed by atoms with Crippen LogP contribution in [-0.4, -0.2) is 47.6 Å². The molecule has 0 unspecified atom stereocenters. The molecule has 1 fully saturated rings. The van der Waals surface area contributed by atoms with Gasteiger partial charge >= 0.3 is 5.97 Å². The van der Waals surface area contributed by atoms with Gasteiger partial charge in [0.05, 0.1) is 23.5 Å². The third-order valence-corrected chi connectivity index (χ3v) is 9.22. The van der Waals surface area contributed by atoms with E-state index in [-0.39, 0.29) is 30.5 Å². The summed E-state index contributed by atoms with van der Waals surface area (Å²) in [5.41, 5.74) is -0.653. The van der Waals surface area contributed by atoms with Crippen molar-refractivity contribution in [2.45, 2.75) is 123 Å². The van der Waals surface area contributed by atoms with E-state index in [2.05, 4.69) is 68.3 Å². The highest BCUT2D eigenvalue weighted by Crippen LogP contribution is 2.38. The van der Waals surface area contributed by atoms with Gasteiger partial charge in [-0.25, -0.2) is 22.0 Å². The molecule has 0 amide bonds. The van der Waals surface area contributed by atoms with E-state index >= 15 is 0 Å². The van der Waals surface area contributed by atoms with Crippen LogP contribution in [0.4, 0.5) is 22.0 Å². The van der Waals surface area contributed by atoms with E-state index in [0.29, 0.717) is 6.42 Å². The summed E-state index contributed by atoms with van der Waals surface area (Å²) in [4.78, 5) is 17.6. The fourth-order valence-electron chi connectivity index (χ4n) is 5.26. The van der Waals surface area contributed by atoms with Gasteiger partial charge in [0.2, 0.25) is 5.82 Å². The van der Waals surface area contributed by atoms with Gasteiger partial charge in [-0.15, -0.1) is 0 Å². The van der Waals surface area contributed by atoms with Crippen LogP contribution < -0.4 is 0 Å². The van der Waals surface area contributed by atoms with E-state index in [1.54, 1.807) is 0 Å². The first-order valence-electron chi connectivity index (χ1n) is 17.9. The molecule has 2 rings (SSSR count). The zero-order valence-corrected chi connectivity index (χ0v) is 30.7. The fourth-order valence-corrected chi connectivity index (χ4v) is 7.53. The Morgan fingerprint density at radius 2 is 1.62 bits per heavy atom. The molecule has 6 nitrogen and oxygen atoms in total. The Hall–Kier alpha value is -2.36. The van der Waals surface area contributed by atoms with E-state index in [9.17, 15) is 26.7 Å². The maximum atomic E-state index is 14.0. The van der Waals surface area contributed by atoms with Crippen LogP contribution >= 0.6 is 0 Å². The van der Waals surface area contributed by atoms with Gasteiger partial charge in [0.25, 0.3) is 0 Å². The van der Waals surface area contributed by atoms with Crippen molar-refractivity contribution >= 4 is 28.3 Å². The van der Waals surface area contributed by atoms with Crippen molar-refractivity contribution < 1.29 is 50.7 Å². The van der Waals surface area contributed by atoms with Crippen LogP contribution in [0, 0.1) is 40.9 Å². The number of carbonyl (C=O) groups excluding carboxylic acids is 1. The van der Waals surface area contributed by atoms with E-state index < -0.39 is 83.0 Å². The number of ether oxygens (including phenoxy) is 1. The molecule has 4 atom stereocenters. The lowest BCUT2D eigenvalue weighted by Crippen LogP contribution is -2.35. The van der Waals surface area contributed by atoms with Crippen LogP contribution in [0.5, 0.6) is 0 Å². The average Bonchev–Trinajstić information content (AvgIpc) is 3.30. The van der Waals surface area contributed by atoms with Gasteiger partial charge in [-0.2, -0.15) is 0 Å². The Morgan fingerprint density at radius 3 is 2.19 bits per heavy atom. The number of hydrogen-bond acceptors (Lipinski definition) is 6. The third-order valence-electron chi connectivity index (χ3n) is 7.20. The van der Waals surface area contributed by atoms with E-state index in [0.717, 1.165) is 37.5 Å². The zero-order valence-electron chi connectivity index (χ0n) is 32.7. The average molecular weight is 710 g/mol. The highest BCUT2D eigenvalue weighted by atomic mass is 28.4. The highest BCUT2D eigenvalue weighted by Gasteiger charge is 2.42. The lowest BCUT2D eigenvalue weighted by molar-refractivity contribution is -0.145. The first-order chi connectivity index (χ1) is 23.4. The van der Waals surface area contributed by atoms with Crippen molar-refractivity contribution in [1.82, 2.24) is 0 Å². The molecule has 1 saturated carbocycles. The number of rotatable bonds is 19. The number of esters is 1. The fraction of sp³-hybridized carbons (Fsp3) is 0.647. The van der Waals surface area contributed by atoms with Gasteiger partial charge in [0.15, 0.2) is 39.9 Å². The number of nitrogens with zero attached hydrogens (tertiary/aromatic N) is 1. The van der Waals surface area contributed by atoms with Crippen molar-refractivity contribution in [2.75, 3.05) is 7.11 Å². The number of unbranched alkanes of at least 4 members (excludes halogenated alkanes) is 2. The summed E-state index contributed by atoms with van der Waals surface area (Å²) in [6.45, 7) is 13.3. The SMILES string of the molecule is [2H]C([2H])(/C=C\C[C@H]1[C@@H](O[Si](C)(C)C)C/C(=N/OC)[C@@H]1/C=C/[C@H](CCCCC)O[Si](C)(C)C)C([2H])([2H])CC(=O)OCc1c(F)c(F)c(F)c(F)c1F. The molecule has 0 spiro atoms. The minimum atomic E-state index is -2.89. The van der Waals surface area contributed by atoms with Crippen molar-refractivity contribution in [2.24, 2.45) is 17.0 Å². The van der Waals surface area contributed by atoms with Gasteiger partial charge < -0.3 is 18.4 Å². The number of benzene rings is 1. The molecule has 266 valence electrons. The van der Waals surface area contributed by atoms with Gasteiger partial charge in [-0.3, -0.25) is 4.79 Å². The van der Waals surface area contributed by atoms with E-state index in [4.69, 9.17) is 19.2 Å². The molecule has 1 aliphatic rings. The summed E-state index contributed by atoms with van der Waals surface area (Å²) < 4.78 is 119. The molecule has 13 heteroatoms. The summed E-state index contributed by atoms with van der Waals surface area (Å²) in [6.07, 6.45) is 4.12.